The first-order valence-electron chi connectivity index (χ1n) is 7.60. The number of thiophene rings is 1. The van der Waals surface area contributed by atoms with Crippen LogP contribution in [0.1, 0.15) is 25.1 Å². The molecule has 0 fully saturated rings. The van der Waals surface area contributed by atoms with E-state index in [1.807, 2.05) is 11.3 Å². The summed E-state index contributed by atoms with van der Waals surface area (Å²) in [5.41, 5.74) is 4.29. The summed E-state index contributed by atoms with van der Waals surface area (Å²) in [6, 6.07) is 15.3. The minimum absolute atomic E-state index is 1.06. The van der Waals surface area contributed by atoms with Crippen molar-refractivity contribution in [2.24, 2.45) is 0 Å². The summed E-state index contributed by atoms with van der Waals surface area (Å²) in [5, 5.41) is 2.89. The molecule has 0 aliphatic heterocycles. The molecule has 0 saturated heterocycles. The van der Waals surface area contributed by atoms with Gasteiger partial charge in [-0.1, -0.05) is 32.0 Å². The Bertz CT molecular complexity index is 965. The third-order valence-electron chi connectivity index (χ3n) is 4.32. The van der Waals surface area contributed by atoms with Crippen molar-refractivity contribution in [1.29, 1.82) is 0 Å². The maximum Gasteiger partial charge on any atom is 0.228 e. The number of nitrogens with zero attached hydrogens (tertiary/aromatic N) is 1. The summed E-state index contributed by atoms with van der Waals surface area (Å²) in [7, 11) is 0. The summed E-state index contributed by atoms with van der Waals surface area (Å²) >= 11 is 1.92. The van der Waals surface area contributed by atoms with Crippen molar-refractivity contribution < 1.29 is 4.40 Å². The van der Waals surface area contributed by atoms with Gasteiger partial charge in [0.05, 0.1) is 0 Å². The van der Waals surface area contributed by atoms with Crippen LogP contribution in [-0.2, 0) is 12.8 Å². The monoisotopic (exact) mass is 292 g/mol. The van der Waals surface area contributed by atoms with Gasteiger partial charge in [-0.25, -0.2) is 0 Å². The minimum atomic E-state index is 1.06. The molecule has 0 spiro atoms. The predicted molar refractivity (Wildman–Crippen MR) is 91.2 cm³/mol. The van der Waals surface area contributed by atoms with Gasteiger partial charge in [-0.2, -0.15) is 4.40 Å². The van der Waals surface area contributed by atoms with E-state index in [-0.39, 0.29) is 0 Å². The van der Waals surface area contributed by atoms with Gasteiger partial charge in [-0.05, 0) is 18.6 Å². The molecule has 0 N–H and O–H groups in total. The fourth-order valence-electron chi connectivity index (χ4n) is 3.44. The quantitative estimate of drug-likeness (QED) is 0.462. The Labute approximate surface area is 128 Å². The standard InChI is InChI=1S/C19H18NS/c1-3-13-15(4-2)20-12-8-7-10-16(20)19-18(13)14-9-5-6-11-17(14)21-19/h5-12H,3-4H2,1-2H3/q+1. The van der Waals surface area contributed by atoms with Gasteiger partial charge >= 0.3 is 0 Å². The Balaban J connectivity index is 2.36. The van der Waals surface area contributed by atoms with Crippen LogP contribution < -0.4 is 4.40 Å². The maximum absolute atomic E-state index is 2.39. The Morgan fingerprint density at radius 3 is 2.57 bits per heavy atom. The van der Waals surface area contributed by atoms with Crippen LogP contribution in [0.5, 0.6) is 0 Å². The Morgan fingerprint density at radius 1 is 0.952 bits per heavy atom. The molecular weight excluding hydrogens is 274 g/mol. The molecule has 0 aliphatic rings. The molecule has 21 heavy (non-hydrogen) atoms. The molecule has 4 aromatic rings. The van der Waals surface area contributed by atoms with E-state index >= 15 is 0 Å². The molecule has 104 valence electrons. The van der Waals surface area contributed by atoms with Crippen molar-refractivity contribution >= 4 is 37.0 Å². The molecule has 0 unspecified atom stereocenters. The average Bonchev–Trinajstić information content (AvgIpc) is 2.93. The first-order valence-corrected chi connectivity index (χ1v) is 8.42. The van der Waals surface area contributed by atoms with Crippen LogP contribution in [0.25, 0.3) is 25.7 Å². The third-order valence-corrected chi connectivity index (χ3v) is 5.51. The molecule has 4 rings (SSSR count). The lowest BCUT2D eigenvalue weighted by Gasteiger charge is -2.06. The van der Waals surface area contributed by atoms with E-state index in [9.17, 15) is 0 Å². The van der Waals surface area contributed by atoms with Gasteiger partial charge < -0.3 is 0 Å². The molecule has 3 heterocycles. The van der Waals surface area contributed by atoms with E-state index in [0.29, 0.717) is 0 Å². The van der Waals surface area contributed by atoms with Crippen LogP contribution >= 0.6 is 11.3 Å². The van der Waals surface area contributed by atoms with Crippen molar-refractivity contribution in [3.05, 3.63) is 59.9 Å². The zero-order valence-electron chi connectivity index (χ0n) is 12.4. The van der Waals surface area contributed by atoms with Gasteiger partial charge in [0.15, 0.2) is 11.9 Å². The molecular formula is C19H18NS+. The van der Waals surface area contributed by atoms with Gasteiger partial charge in [0.25, 0.3) is 0 Å². The highest BCUT2D eigenvalue weighted by Crippen LogP contribution is 2.38. The zero-order chi connectivity index (χ0) is 14.4. The van der Waals surface area contributed by atoms with Crippen molar-refractivity contribution in [3.8, 4) is 0 Å². The van der Waals surface area contributed by atoms with Crippen LogP contribution in [0.4, 0.5) is 0 Å². The number of aryl methyl sites for hydroxylation is 2. The fraction of sp³-hybridized carbons (Fsp3) is 0.211. The zero-order valence-corrected chi connectivity index (χ0v) is 13.2. The van der Waals surface area contributed by atoms with Gasteiger partial charge in [0.1, 0.15) is 4.70 Å². The minimum Gasteiger partial charge on any atom is -0.163 e. The van der Waals surface area contributed by atoms with Gasteiger partial charge in [-0.3, -0.25) is 0 Å². The van der Waals surface area contributed by atoms with E-state index in [4.69, 9.17) is 0 Å². The lowest BCUT2D eigenvalue weighted by Crippen LogP contribution is -2.28. The van der Waals surface area contributed by atoms with Crippen molar-refractivity contribution in [1.82, 2.24) is 0 Å². The maximum atomic E-state index is 2.39. The first-order chi connectivity index (χ1) is 10.3. The SMILES string of the molecule is CCc1c(CC)[n+]2ccccc2c2sc3ccccc3c12. The van der Waals surface area contributed by atoms with Crippen LogP contribution in [0.15, 0.2) is 48.7 Å². The lowest BCUT2D eigenvalue weighted by molar-refractivity contribution is -0.520. The smallest absolute Gasteiger partial charge is 0.163 e. The molecule has 3 aromatic heterocycles. The van der Waals surface area contributed by atoms with Crippen molar-refractivity contribution in [2.75, 3.05) is 0 Å². The number of benzene rings is 1. The van der Waals surface area contributed by atoms with E-state index in [2.05, 4.69) is 66.9 Å². The van der Waals surface area contributed by atoms with E-state index in [1.165, 1.54) is 36.9 Å². The second-order valence-corrected chi connectivity index (χ2v) is 6.44. The van der Waals surface area contributed by atoms with Gasteiger partial charge in [0, 0.05) is 39.6 Å². The van der Waals surface area contributed by atoms with E-state index in [1.54, 1.807) is 0 Å². The summed E-state index contributed by atoms with van der Waals surface area (Å²) in [6.07, 6.45) is 4.35. The van der Waals surface area contributed by atoms with Crippen LogP contribution in [0, 0.1) is 0 Å². The van der Waals surface area contributed by atoms with Crippen LogP contribution in [0.3, 0.4) is 0 Å². The number of hydrogen-bond donors (Lipinski definition) is 0. The average molecular weight is 292 g/mol. The van der Waals surface area contributed by atoms with Gasteiger partial charge in [-0.15, -0.1) is 11.3 Å². The first kappa shape index (κ1) is 12.8. The Morgan fingerprint density at radius 2 is 1.76 bits per heavy atom. The molecule has 0 aliphatic carbocycles. The highest BCUT2D eigenvalue weighted by Gasteiger charge is 2.22. The largest absolute Gasteiger partial charge is 0.228 e. The number of hydrogen-bond acceptors (Lipinski definition) is 1. The summed E-state index contributed by atoms with van der Waals surface area (Å²) in [5.74, 6) is 0. The number of fused-ring (bicyclic) bond motifs is 5. The summed E-state index contributed by atoms with van der Waals surface area (Å²) < 4.78 is 5.20. The molecule has 2 heteroatoms. The molecule has 1 nitrogen and oxygen atoms in total. The highest BCUT2D eigenvalue weighted by molar-refractivity contribution is 7.26. The number of aromatic nitrogens is 1. The number of pyridine rings is 2. The van der Waals surface area contributed by atoms with E-state index < -0.39 is 0 Å². The number of rotatable bonds is 2. The Hall–Kier alpha value is -1.93. The molecule has 0 saturated carbocycles. The highest BCUT2D eigenvalue weighted by atomic mass is 32.1. The van der Waals surface area contributed by atoms with Crippen LogP contribution in [-0.4, -0.2) is 0 Å². The fourth-order valence-corrected chi connectivity index (χ4v) is 4.70. The third kappa shape index (κ3) is 1.72. The molecule has 1 aromatic carbocycles. The molecule has 0 radical (unpaired) electrons. The molecule has 0 amide bonds. The lowest BCUT2D eigenvalue weighted by atomic mass is 10.0. The topological polar surface area (TPSA) is 4.10 Å². The van der Waals surface area contributed by atoms with Gasteiger partial charge in [0.2, 0.25) is 5.52 Å². The predicted octanol–water partition coefficient (Wildman–Crippen LogP) is 4.92. The van der Waals surface area contributed by atoms with Crippen molar-refractivity contribution in [2.45, 2.75) is 26.7 Å². The summed E-state index contributed by atoms with van der Waals surface area (Å²) in [4.78, 5) is 0. The van der Waals surface area contributed by atoms with Crippen LogP contribution in [0.2, 0.25) is 0 Å². The normalized spacial score (nSPS) is 11.7. The molecule has 0 bridgehead atoms. The second kappa shape index (κ2) is 4.81. The summed E-state index contributed by atoms with van der Waals surface area (Å²) in [6.45, 7) is 4.53. The Kier molecular flexibility index (Phi) is 2.93. The van der Waals surface area contributed by atoms with E-state index in [0.717, 1.165) is 12.8 Å². The molecule has 0 atom stereocenters. The second-order valence-electron chi connectivity index (χ2n) is 5.39. The van der Waals surface area contributed by atoms with Crippen molar-refractivity contribution in [3.63, 3.8) is 0 Å².